The van der Waals surface area contributed by atoms with E-state index >= 15 is 0 Å². The average molecular weight is 323 g/mol. The van der Waals surface area contributed by atoms with Gasteiger partial charge in [0.1, 0.15) is 5.76 Å². The molecule has 2 atom stereocenters. The Kier molecular flexibility index (Phi) is 4.38. The third-order valence-electron chi connectivity index (χ3n) is 4.46. The Bertz CT molecular complexity index is 648. The smallest absolute Gasteiger partial charge is 0.226 e. The Balaban J connectivity index is 1.79. The fourth-order valence-electron chi connectivity index (χ4n) is 3.23. The number of carbonyl (C=O) groups excluding carboxylic acids is 1. The Hall–Kier alpha value is -1.56. The molecule has 1 aromatic rings. The van der Waals surface area contributed by atoms with Gasteiger partial charge in [-0.25, -0.2) is 8.42 Å². The van der Waals surface area contributed by atoms with Crippen LogP contribution in [0, 0.1) is 5.92 Å². The van der Waals surface area contributed by atoms with Crippen molar-refractivity contribution in [2.45, 2.75) is 38.3 Å². The molecule has 2 heterocycles. The second kappa shape index (κ2) is 6.28. The lowest BCUT2D eigenvalue weighted by atomic mass is 9.92. The van der Waals surface area contributed by atoms with E-state index in [0.29, 0.717) is 18.7 Å². The van der Waals surface area contributed by atoms with E-state index < -0.39 is 9.84 Å². The van der Waals surface area contributed by atoms with Crippen molar-refractivity contribution in [3.63, 3.8) is 0 Å². The van der Waals surface area contributed by atoms with E-state index in [2.05, 4.69) is 6.08 Å². The van der Waals surface area contributed by atoms with Gasteiger partial charge in [-0.2, -0.15) is 0 Å². The normalized spacial score (nSPS) is 26.9. The summed E-state index contributed by atoms with van der Waals surface area (Å²) in [6, 6.07) is 3.38. The number of sulfone groups is 1. The monoisotopic (exact) mass is 323 g/mol. The largest absolute Gasteiger partial charge is 0.467 e. The molecule has 1 fully saturated rings. The molecule has 0 spiro atoms. The van der Waals surface area contributed by atoms with Crippen LogP contribution in [-0.4, -0.2) is 36.8 Å². The Morgan fingerprint density at radius 1 is 1.32 bits per heavy atom. The molecule has 1 aliphatic heterocycles. The molecule has 0 radical (unpaired) electrons. The first-order valence-corrected chi connectivity index (χ1v) is 9.55. The summed E-state index contributed by atoms with van der Waals surface area (Å²) in [4.78, 5) is 14.6. The lowest BCUT2D eigenvalue weighted by molar-refractivity contribution is -0.138. The lowest BCUT2D eigenvalue weighted by Crippen LogP contribution is -2.44. The molecular weight excluding hydrogens is 302 g/mol. The van der Waals surface area contributed by atoms with Crippen molar-refractivity contribution in [1.29, 1.82) is 0 Å². The van der Waals surface area contributed by atoms with Crippen molar-refractivity contribution in [3.05, 3.63) is 36.3 Å². The van der Waals surface area contributed by atoms with Gasteiger partial charge in [0.15, 0.2) is 9.84 Å². The summed E-state index contributed by atoms with van der Waals surface area (Å²) in [7, 11) is -3.02. The predicted octanol–water partition coefficient (Wildman–Crippen LogP) is 2.15. The molecule has 2 aliphatic rings. The quantitative estimate of drug-likeness (QED) is 0.796. The van der Waals surface area contributed by atoms with Gasteiger partial charge < -0.3 is 9.32 Å². The summed E-state index contributed by atoms with van der Waals surface area (Å²) in [5.74, 6) is 0.960. The zero-order chi connectivity index (χ0) is 15.6. The summed E-state index contributed by atoms with van der Waals surface area (Å²) in [6.07, 6.45) is 8.73. The molecule has 1 aromatic heterocycles. The third-order valence-corrected chi connectivity index (χ3v) is 6.21. The van der Waals surface area contributed by atoms with Crippen molar-refractivity contribution in [2.24, 2.45) is 5.92 Å². The van der Waals surface area contributed by atoms with Gasteiger partial charge >= 0.3 is 0 Å². The molecule has 0 aromatic carbocycles. The Labute approximate surface area is 130 Å². The molecule has 1 amide bonds. The second-order valence-corrected chi connectivity index (χ2v) is 8.31. The van der Waals surface area contributed by atoms with E-state index in [1.165, 1.54) is 0 Å². The minimum Gasteiger partial charge on any atom is -0.467 e. The minimum absolute atomic E-state index is 0.0386. The molecule has 5 nitrogen and oxygen atoms in total. The van der Waals surface area contributed by atoms with Crippen LogP contribution in [0.3, 0.4) is 0 Å². The maximum absolute atomic E-state index is 12.9. The summed E-state index contributed by atoms with van der Waals surface area (Å²) in [6.45, 7) is 0.353. The zero-order valence-corrected chi connectivity index (χ0v) is 13.3. The van der Waals surface area contributed by atoms with Crippen LogP contribution < -0.4 is 0 Å². The van der Waals surface area contributed by atoms with E-state index in [4.69, 9.17) is 4.42 Å². The van der Waals surface area contributed by atoms with E-state index in [9.17, 15) is 13.2 Å². The van der Waals surface area contributed by atoms with Gasteiger partial charge in [-0.1, -0.05) is 12.2 Å². The molecule has 0 unspecified atom stereocenters. The Morgan fingerprint density at radius 2 is 2.18 bits per heavy atom. The topological polar surface area (TPSA) is 67.6 Å². The Morgan fingerprint density at radius 3 is 2.77 bits per heavy atom. The van der Waals surface area contributed by atoms with Crippen molar-refractivity contribution in [2.75, 3.05) is 11.5 Å². The fourth-order valence-corrected chi connectivity index (χ4v) is 4.96. The van der Waals surface area contributed by atoms with Gasteiger partial charge in [0.25, 0.3) is 0 Å². The van der Waals surface area contributed by atoms with E-state index in [0.717, 1.165) is 19.3 Å². The number of amides is 1. The number of allylic oxidation sites excluding steroid dienone is 2. The number of hydrogen-bond acceptors (Lipinski definition) is 4. The van der Waals surface area contributed by atoms with Crippen LogP contribution in [0.25, 0.3) is 0 Å². The van der Waals surface area contributed by atoms with Crippen LogP contribution in [0.5, 0.6) is 0 Å². The highest BCUT2D eigenvalue weighted by atomic mass is 32.2. The van der Waals surface area contributed by atoms with Crippen molar-refractivity contribution in [3.8, 4) is 0 Å². The molecule has 120 valence electrons. The maximum atomic E-state index is 12.9. The maximum Gasteiger partial charge on any atom is 0.226 e. The third kappa shape index (κ3) is 3.43. The first kappa shape index (κ1) is 15.3. The highest BCUT2D eigenvalue weighted by molar-refractivity contribution is 7.91. The summed E-state index contributed by atoms with van der Waals surface area (Å²) in [5.41, 5.74) is 0. The molecule has 0 bridgehead atoms. The standard InChI is InChI=1S/C16H21NO4S/c18-16(13-5-2-1-3-6-13)17(11-15-7-4-9-21-15)14-8-10-22(19,20)12-14/h1-2,4,7,9,13-14H,3,5-6,8,10-12H2/t13-,14-/m0/s1. The van der Waals surface area contributed by atoms with Gasteiger partial charge in [-0.05, 0) is 37.8 Å². The molecule has 0 saturated carbocycles. The van der Waals surface area contributed by atoms with Crippen LogP contribution in [0.2, 0.25) is 0 Å². The van der Waals surface area contributed by atoms with Gasteiger partial charge in [-0.15, -0.1) is 0 Å². The average Bonchev–Trinajstić information content (AvgIpc) is 3.14. The molecule has 22 heavy (non-hydrogen) atoms. The second-order valence-electron chi connectivity index (χ2n) is 6.08. The van der Waals surface area contributed by atoms with Crippen molar-refractivity contribution < 1.29 is 17.6 Å². The lowest BCUT2D eigenvalue weighted by Gasteiger charge is -2.31. The SMILES string of the molecule is O=C([C@H]1CC=CCC1)N(Cc1ccco1)[C@H]1CCS(=O)(=O)C1. The van der Waals surface area contributed by atoms with Crippen molar-refractivity contribution >= 4 is 15.7 Å². The highest BCUT2D eigenvalue weighted by Crippen LogP contribution is 2.26. The molecule has 1 saturated heterocycles. The number of hydrogen-bond donors (Lipinski definition) is 0. The number of rotatable bonds is 4. The first-order valence-electron chi connectivity index (χ1n) is 7.73. The summed E-state index contributed by atoms with van der Waals surface area (Å²) >= 11 is 0. The van der Waals surface area contributed by atoms with E-state index in [1.807, 2.05) is 12.1 Å². The number of furan rings is 1. The van der Waals surface area contributed by atoms with Crippen LogP contribution >= 0.6 is 0 Å². The molecule has 1 aliphatic carbocycles. The van der Waals surface area contributed by atoms with E-state index in [1.54, 1.807) is 17.2 Å². The minimum atomic E-state index is -3.02. The molecule has 0 N–H and O–H groups in total. The highest BCUT2D eigenvalue weighted by Gasteiger charge is 2.37. The van der Waals surface area contributed by atoms with Gasteiger partial charge in [0.05, 0.1) is 24.3 Å². The first-order chi connectivity index (χ1) is 10.6. The van der Waals surface area contributed by atoms with Crippen LogP contribution in [0.4, 0.5) is 0 Å². The van der Waals surface area contributed by atoms with Crippen LogP contribution in [0.1, 0.15) is 31.4 Å². The molecular formula is C16H21NO4S. The number of nitrogens with zero attached hydrogens (tertiary/aromatic N) is 1. The van der Waals surface area contributed by atoms with Gasteiger partial charge in [0, 0.05) is 12.0 Å². The molecule has 3 rings (SSSR count). The summed E-state index contributed by atoms with van der Waals surface area (Å²) in [5, 5.41) is 0. The van der Waals surface area contributed by atoms with Crippen LogP contribution in [0.15, 0.2) is 35.0 Å². The van der Waals surface area contributed by atoms with E-state index in [-0.39, 0.29) is 29.4 Å². The van der Waals surface area contributed by atoms with Crippen LogP contribution in [-0.2, 0) is 21.2 Å². The fraction of sp³-hybridized carbons (Fsp3) is 0.562. The van der Waals surface area contributed by atoms with Crippen molar-refractivity contribution in [1.82, 2.24) is 4.90 Å². The predicted molar refractivity (Wildman–Crippen MR) is 82.8 cm³/mol. The van der Waals surface area contributed by atoms with Gasteiger partial charge in [-0.3, -0.25) is 4.79 Å². The molecule has 6 heteroatoms. The van der Waals surface area contributed by atoms with Gasteiger partial charge in [0.2, 0.25) is 5.91 Å². The number of carbonyl (C=O) groups is 1. The summed E-state index contributed by atoms with van der Waals surface area (Å²) < 4.78 is 28.9. The zero-order valence-electron chi connectivity index (χ0n) is 12.5.